The Morgan fingerprint density at radius 3 is 2.24 bits per heavy atom. The molecule has 0 aliphatic rings. The summed E-state index contributed by atoms with van der Waals surface area (Å²) < 4.78 is 11.2. The molecule has 0 bridgehead atoms. The maximum Gasteiger partial charge on any atom is 0.288 e. The summed E-state index contributed by atoms with van der Waals surface area (Å²) in [6.07, 6.45) is 0. The Labute approximate surface area is 203 Å². The molecule has 2 amide bonds. The van der Waals surface area contributed by atoms with Crippen molar-refractivity contribution in [3.05, 3.63) is 62.7 Å². The predicted octanol–water partition coefficient (Wildman–Crippen LogP) is 4.68. The second kappa shape index (κ2) is 12.2. The number of nitrogens with one attached hydrogen (secondary N) is 2. The molecule has 34 heavy (non-hydrogen) atoms. The van der Waals surface area contributed by atoms with Crippen LogP contribution in [0.2, 0.25) is 5.02 Å². The van der Waals surface area contributed by atoms with E-state index >= 15 is 0 Å². The minimum absolute atomic E-state index is 0.0375. The zero-order valence-corrected chi connectivity index (χ0v) is 20.6. The van der Waals surface area contributed by atoms with Gasteiger partial charge in [0.25, 0.3) is 11.6 Å². The number of rotatable bonds is 11. The van der Waals surface area contributed by atoms with E-state index in [1.165, 1.54) is 12.1 Å². The standard InChI is InChI=1S/C24H30ClN3O6/c1-6-33-20-11-9-16(13-21(20)34-7-2)15(5)26-24(30)22(14(3)4)27-23(29)17-8-10-18(25)19(12-17)28(31)32/h8-15,22H,6-7H2,1-5H3,(H,26,30)(H,27,29). The summed E-state index contributed by atoms with van der Waals surface area (Å²) >= 11 is 5.82. The van der Waals surface area contributed by atoms with Gasteiger partial charge < -0.3 is 20.1 Å². The van der Waals surface area contributed by atoms with Gasteiger partial charge in [-0.3, -0.25) is 19.7 Å². The number of carbonyl (C=O) groups excluding carboxylic acids is 2. The SMILES string of the molecule is CCOc1ccc(C(C)NC(=O)C(NC(=O)c2ccc(Cl)c([N+](=O)[O-])c2)C(C)C)cc1OCC. The first-order valence-corrected chi connectivity index (χ1v) is 11.4. The molecule has 2 atom stereocenters. The summed E-state index contributed by atoms with van der Waals surface area (Å²) in [7, 11) is 0. The van der Waals surface area contributed by atoms with Crippen LogP contribution in [0.5, 0.6) is 11.5 Å². The average Bonchev–Trinajstić information content (AvgIpc) is 2.78. The van der Waals surface area contributed by atoms with E-state index in [2.05, 4.69) is 10.6 Å². The smallest absolute Gasteiger partial charge is 0.288 e. The van der Waals surface area contributed by atoms with E-state index < -0.39 is 16.9 Å². The first-order chi connectivity index (χ1) is 16.1. The predicted molar refractivity (Wildman–Crippen MR) is 130 cm³/mol. The third-order valence-corrected chi connectivity index (χ3v) is 5.39. The molecular formula is C24H30ClN3O6. The van der Waals surface area contributed by atoms with Crippen molar-refractivity contribution < 1.29 is 24.0 Å². The topological polar surface area (TPSA) is 120 Å². The Kier molecular flexibility index (Phi) is 9.68. The average molecular weight is 492 g/mol. The summed E-state index contributed by atoms with van der Waals surface area (Å²) in [6, 6.07) is 7.95. The molecule has 2 N–H and O–H groups in total. The summed E-state index contributed by atoms with van der Waals surface area (Å²) in [5.74, 6) is -0.0260. The molecule has 0 aliphatic carbocycles. The Morgan fingerprint density at radius 1 is 1.00 bits per heavy atom. The molecule has 184 valence electrons. The van der Waals surface area contributed by atoms with Crippen LogP contribution in [0.1, 0.15) is 56.6 Å². The van der Waals surface area contributed by atoms with Gasteiger partial charge in [0.15, 0.2) is 11.5 Å². The van der Waals surface area contributed by atoms with E-state index in [0.29, 0.717) is 24.7 Å². The van der Waals surface area contributed by atoms with Crippen molar-refractivity contribution >= 4 is 29.1 Å². The molecule has 2 rings (SSSR count). The fourth-order valence-electron chi connectivity index (χ4n) is 3.28. The minimum atomic E-state index is -0.862. The van der Waals surface area contributed by atoms with E-state index in [1.54, 1.807) is 19.9 Å². The van der Waals surface area contributed by atoms with Gasteiger partial charge in [-0.2, -0.15) is 0 Å². The van der Waals surface area contributed by atoms with Gasteiger partial charge >= 0.3 is 0 Å². The number of nitrogens with zero attached hydrogens (tertiary/aromatic N) is 1. The monoisotopic (exact) mass is 491 g/mol. The van der Waals surface area contributed by atoms with Crippen LogP contribution in [0.3, 0.4) is 0 Å². The van der Waals surface area contributed by atoms with E-state index in [0.717, 1.165) is 11.6 Å². The summed E-state index contributed by atoms with van der Waals surface area (Å²) in [6.45, 7) is 10.1. The van der Waals surface area contributed by atoms with Crippen LogP contribution >= 0.6 is 11.6 Å². The molecule has 0 saturated carbocycles. The van der Waals surface area contributed by atoms with Crippen molar-refractivity contribution in [1.82, 2.24) is 10.6 Å². The Balaban J connectivity index is 2.17. The minimum Gasteiger partial charge on any atom is -0.490 e. The lowest BCUT2D eigenvalue weighted by Gasteiger charge is -2.24. The Morgan fingerprint density at radius 2 is 1.65 bits per heavy atom. The highest BCUT2D eigenvalue weighted by Crippen LogP contribution is 2.31. The molecule has 2 unspecified atom stereocenters. The van der Waals surface area contributed by atoms with Crippen LogP contribution in [0.25, 0.3) is 0 Å². The molecule has 9 nitrogen and oxygen atoms in total. The molecule has 0 spiro atoms. The molecule has 2 aromatic carbocycles. The van der Waals surface area contributed by atoms with Crippen LogP contribution in [0.4, 0.5) is 5.69 Å². The fourth-order valence-corrected chi connectivity index (χ4v) is 3.46. The Hall–Kier alpha value is -3.33. The number of halogens is 1. The van der Waals surface area contributed by atoms with Crippen LogP contribution in [0.15, 0.2) is 36.4 Å². The molecule has 2 aromatic rings. The van der Waals surface area contributed by atoms with Gasteiger partial charge in [0.2, 0.25) is 5.91 Å². The highest BCUT2D eigenvalue weighted by molar-refractivity contribution is 6.32. The molecule has 10 heteroatoms. The summed E-state index contributed by atoms with van der Waals surface area (Å²) in [4.78, 5) is 36.2. The lowest BCUT2D eigenvalue weighted by atomic mass is 10.0. The van der Waals surface area contributed by atoms with Gasteiger partial charge in [0, 0.05) is 11.6 Å². The van der Waals surface area contributed by atoms with Crippen molar-refractivity contribution in [2.24, 2.45) is 5.92 Å². The maximum atomic E-state index is 13.0. The van der Waals surface area contributed by atoms with Gasteiger partial charge in [-0.15, -0.1) is 0 Å². The van der Waals surface area contributed by atoms with Gasteiger partial charge in [0.05, 0.1) is 24.2 Å². The number of hydrogen-bond donors (Lipinski definition) is 2. The highest BCUT2D eigenvalue weighted by atomic mass is 35.5. The van der Waals surface area contributed by atoms with Gasteiger partial charge in [-0.05, 0) is 56.5 Å². The number of nitro groups is 1. The van der Waals surface area contributed by atoms with Crippen LogP contribution in [-0.2, 0) is 4.79 Å². The fraction of sp³-hybridized carbons (Fsp3) is 0.417. The van der Waals surface area contributed by atoms with E-state index in [4.69, 9.17) is 21.1 Å². The van der Waals surface area contributed by atoms with E-state index in [-0.39, 0.29) is 34.1 Å². The number of hydrogen-bond acceptors (Lipinski definition) is 6. The number of carbonyl (C=O) groups is 2. The number of nitro benzene ring substituents is 1. The van der Waals surface area contributed by atoms with Crippen molar-refractivity contribution in [3.63, 3.8) is 0 Å². The lowest BCUT2D eigenvalue weighted by Crippen LogP contribution is -2.50. The van der Waals surface area contributed by atoms with Gasteiger partial charge in [0.1, 0.15) is 11.1 Å². The van der Waals surface area contributed by atoms with Gasteiger partial charge in [-0.1, -0.05) is 31.5 Å². The van der Waals surface area contributed by atoms with Crippen LogP contribution in [-0.4, -0.2) is 36.0 Å². The lowest BCUT2D eigenvalue weighted by molar-refractivity contribution is -0.384. The zero-order chi connectivity index (χ0) is 25.4. The highest BCUT2D eigenvalue weighted by Gasteiger charge is 2.27. The largest absolute Gasteiger partial charge is 0.490 e. The van der Waals surface area contributed by atoms with Crippen molar-refractivity contribution in [1.29, 1.82) is 0 Å². The van der Waals surface area contributed by atoms with Crippen molar-refractivity contribution in [2.45, 2.75) is 46.7 Å². The van der Waals surface area contributed by atoms with Gasteiger partial charge in [-0.25, -0.2) is 0 Å². The summed E-state index contributed by atoms with van der Waals surface area (Å²) in [5, 5.41) is 16.6. The normalized spacial score (nSPS) is 12.6. The molecular weight excluding hydrogens is 462 g/mol. The zero-order valence-electron chi connectivity index (χ0n) is 19.9. The van der Waals surface area contributed by atoms with Crippen molar-refractivity contribution in [3.8, 4) is 11.5 Å². The van der Waals surface area contributed by atoms with Crippen LogP contribution in [0, 0.1) is 16.0 Å². The molecule has 0 aromatic heterocycles. The number of ether oxygens (including phenoxy) is 2. The second-order valence-corrected chi connectivity index (χ2v) is 8.33. The second-order valence-electron chi connectivity index (χ2n) is 7.92. The van der Waals surface area contributed by atoms with Crippen LogP contribution < -0.4 is 20.1 Å². The number of benzene rings is 2. The third kappa shape index (κ3) is 6.84. The van der Waals surface area contributed by atoms with Crippen molar-refractivity contribution in [2.75, 3.05) is 13.2 Å². The third-order valence-electron chi connectivity index (χ3n) is 5.07. The molecule has 0 heterocycles. The Bertz CT molecular complexity index is 1040. The maximum absolute atomic E-state index is 13.0. The molecule has 0 fully saturated rings. The number of amides is 2. The quantitative estimate of drug-likeness (QED) is 0.348. The first kappa shape index (κ1) is 26.9. The molecule has 0 aliphatic heterocycles. The molecule has 0 saturated heterocycles. The van der Waals surface area contributed by atoms with E-state index in [1.807, 2.05) is 32.9 Å². The first-order valence-electron chi connectivity index (χ1n) is 11.0. The summed E-state index contributed by atoms with van der Waals surface area (Å²) in [5.41, 5.74) is 0.465. The molecule has 0 radical (unpaired) electrons. The van der Waals surface area contributed by atoms with E-state index in [9.17, 15) is 19.7 Å².